The van der Waals surface area contributed by atoms with Gasteiger partial charge in [0.1, 0.15) is 17.5 Å². The smallest absolute Gasteiger partial charge is 0.410 e. The molecule has 1 fully saturated rings. The molecule has 27 heavy (non-hydrogen) atoms. The zero-order valence-electron chi connectivity index (χ0n) is 15.2. The average Bonchev–Trinajstić information content (AvgIpc) is 2.59. The second-order valence-corrected chi connectivity index (χ2v) is 7.84. The molecule has 1 saturated heterocycles. The van der Waals surface area contributed by atoms with Crippen LogP contribution >= 0.6 is 15.9 Å². The lowest BCUT2D eigenvalue weighted by Gasteiger charge is -2.41. The van der Waals surface area contributed by atoms with Gasteiger partial charge < -0.3 is 19.6 Å². The van der Waals surface area contributed by atoms with Gasteiger partial charge in [0.05, 0.1) is 22.0 Å². The average molecular weight is 442 g/mol. The van der Waals surface area contributed by atoms with Gasteiger partial charge in [0.25, 0.3) is 0 Å². The van der Waals surface area contributed by atoms with Gasteiger partial charge in [-0.3, -0.25) is 10.1 Å². The van der Waals surface area contributed by atoms with Crippen LogP contribution in [0, 0.1) is 21.4 Å². The van der Waals surface area contributed by atoms with Crippen molar-refractivity contribution < 1.29 is 19.6 Å². The number of amides is 1. The molecule has 1 aliphatic rings. The second kappa shape index (κ2) is 8.06. The van der Waals surface area contributed by atoms with Crippen LogP contribution in [0.1, 0.15) is 26.5 Å². The van der Waals surface area contributed by atoms with Gasteiger partial charge in [-0.1, -0.05) is 0 Å². The number of anilines is 1. The Morgan fingerprint density at radius 3 is 2.74 bits per heavy atom. The van der Waals surface area contributed by atoms with Gasteiger partial charge >= 0.3 is 11.8 Å². The zero-order valence-corrected chi connectivity index (χ0v) is 16.8. The number of pyridine rings is 1. The molecule has 146 valence electrons. The number of carbonyl (C=O) groups excluding carboxylic acids is 1. The summed E-state index contributed by atoms with van der Waals surface area (Å²) in [5.41, 5.74) is -1.35. The van der Waals surface area contributed by atoms with Crippen molar-refractivity contribution in [2.24, 2.45) is 0 Å². The number of piperazine rings is 1. The molecule has 0 aromatic carbocycles. The monoisotopic (exact) mass is 441 g/mol. The van der Waals surface area contributed by atoms with E-state index in [1.54, 1.807) is 31.7 Å². The van der Waals surface area contributed by atoms with Crippen LogP contribution in [0.5, 0.6) is 0 Å². The van der Waals surface area contributed by atoms with Crippen LogP contribution in [0.25, 0.3) is 0 Å². The van der Waals surface area contributed by atoms with Crippen molar-refractivity contribution in [3.05, 3.63) is 26.3 Å². The molecule has 1 aromatic heterocycles. The van der Waals surface area contributed by atoms with Crippen LogP contribution in [-0.4, -0.2) is 63.9 Å². The molecule has 1 atom stereocenters. The number of rotatable bonds is 3. The molecule has 1 aromatic rings. The number of carbonyl (C=O) groups is 1. The highest BCUT2D eigenvalue weighted by Gasteiger charge is 2.34. The molecule has 1 amide bonds. The van der Waals surface area contributed by atoms with Crippen LogP contribution in [0.2, 0.25) is 0 Å². The van der Waals surface area contributed by atoms with Crippen LogP contribution in [0.4, 0.5) is 16.3 Å². The highest BCUT2D eigenvalue weighted by atomic mass is 79.9. The van der Waals surface area contributed by atoms with Crippen molar-refractivity contribution >= 4 is 33.5 Å². The summed E-state index contributed by atoms with van der Waals surface area (Å²) in [6.45, 7) is 5.87. The van der Waals surface area contributed by atoms with Crippen LogP contribution < -0.4 is 4.90 Å². The third-order valence-corrected chi connectivity index (χ3v) is 4.44. The number of aromatic nitrogens is 1. The van der Waals surface area contributed by atoms with Gasteiger partial charge in [-0.2, -0.15) is 5.26 Å². The van der Waals surface area contributed by atoms with Gasteiger partial charge in [0.15, 0.2) is 0 Å². The minimum Gasteiger partial charge on any atom is -0.444 e. The SMILES string of the molecule is CC(C)(C)OC(=O)N1CCN(c2nc(C#N)c([N+](=O)[O-])cc2Br)[C@@H](CO)C1. The lowest BCUT2D eigenvalue weighted by atomic mass is 10.1. The number of aliphatic hydroxyl groups excluding tert-OH is 1. The fraction of sp³-hybridized carbons (Fsp3) is 0.562. The summed E-state index contributed by atoms with van der Waals surface area (Å²) in [5.74, 6) is 0.306. The van der Waals surface area contributed by atoms with E-state index >= 15 is 0 Å². The number of nitro groups is 1. The number of hydrogen-bond donors (Lipinski definition) is 1. The van der Waals surface area contributed by atoms with Crippen molar-refractivity contribution in [3.8, 4) is 6.07 Å². The third-order valence-electron chi connectivity index (χ3n) is 3.86. The lowest BCUT2D eigenvalue weighted by molar-refractivity contribution is -0.385. The van der Waals surface area contributed by atoms with Gasteiger partial charge in [-0.05, 0) is 36.7 Å². The van der Waals surface area contributed by atoms with Gasteiger partial charge in [-0.25, -0.2) is 9.78 Å². The molecule has 0 bridgehead atoms. The number of aliphatic hydroxyl groups is 1. The lowest BCUT2D eigenvalue weighted by Crippen LogP contribution is -2.57. The Morgan fingerprint density at radius 2 is 2.22 bits per heavy atom. The zero-order chi connectivity index (χ0) is 20.4. The van der Waals surface area contributed by atoms with E-state index in [0.29, 0.717) is 23.4 Å². The Kier molecular flexibility index (Phi) is 6.22. The predicted octanol–water partition coefficient (Wildman–Crippen LogP) is 2.04. The summed E-state index contributed by atoms with van der Waals surface area (Å²) < 4.78 is 5.69. The quantitative estimate of drug-likeness (QED) is 0.556. The van der Waals surface area contributed by atoms with Crippen molar-refractivity contribution in [1.29, 1.82) is 5.26 Å². The summed E-state index contributed by atoms with van der Waals surface area (Å²) in [6.07, 6.45) is -0.478. The van der Waals surface area contributed by atoms with E-state index < -0.39 is 28.3 Å². The molecule has 2 heterocycles. The molecule has 1 N–H and O–H groups in total. The summed E-state index contributed by atoms with van der Waals surface area (Å²) in [4.78, 5) is 29.9. The minimum atomic E-state index is -0.677. The molecule has 0 saturated carbocycles. The Hall–Kier alpha value is -2.45. The van der Waals surface area contributed by atoms with E-state index in [9.17, 15) is 20.0 Å². The van der Waals surface area contributed by atoms with E-state index in [1.807, 2.05) is 0 Å². The van der Waals surface area contributed by atoms with E-state index in [2.05, 4.69) is 20.9 Å². The molecular formula is C16H20BrN5O5. The van der Waals surface area contributed by atoms with Crippen LogP contribution in [-0.2, 0) is 4.74 Å². The second-order valence-electron chi connectivity index (χ2n) is 6.99. The maximum Gasteiger partial charge on any atom is 0.410 e. The molecular weight excluding hydrogens is 422 g/mol. The predicted molar refractivity (Wildman–Crippen MR) is 99.3 cm³/mol. The normalized spacial score (nSPS) is 17.4. The maximum absolute atomic E-state index is 12.3. The van der Waals surface area contributed by atoms with Crippen molar-refractivity contribution in [2.45, 2.75) is 32.4 Å². The van der Waals surface area contributed by atoms with Crippen LogP contribution in [0.15, 0.2) is 10.5 Å². The largest absolute Gasteiger partial charge is 0.444 e. The number of hydrogen-bond acceptors (Lipinski definition) is 8. The molecule has 0 unspecified atom stereocenters. The Labute approximate surface area is 164 Å². The van der Waals surface area contributed by atoms with E-state index in [1.165, 1.54) is 11.0 Å². The number of halogens is 1. The highest BCUT2D eigenvalue weighted by molar-refractivity contribution is 9.10. The molecule has 11 heteroatoms. The third kappa shape index (κ3) is 4.84. The van der Waals surface area contributed by atoms with Gasteiger partial charge in [0.2, 0.25) is 5.69 Å². The Morgan fingerprint density at radius 1 is 1.56 bits per heavy atom. The first kappa shape index (κ1) is 20.9. The maximum atomic E-state index is 12.3. The summed E-state index contributed by atoms with van der Waals surface area (Å²) in [5, 5.41) is 30.0. The number of nitrogens with zero attached hydrogens (tertiary/aromatic N) is 5. The molecule has 1 aliphatic heterocycles. The fourth-order valence-electron chi connectivity index (χ4n) is 2.68. The van der Waals surface area contributed by atoms with Gasteiger partial charge in [-0.15, -0.1) is 0 Å². The topological polar surface area (TPSA) is 133 Å². The van der Waals surface area contributed by atoms with Crippen molar-refractivity contribution in [3.63, 3.8) is 0 Å². The van der Waals surface area contributed by atoms with Crippen molar-refractivity contribution in [2.75, 3.05) is 31.1 Å². The minimum absolute atomic E-state index is 0.193. The first-order valence-corrected chi connectivity index (χ1v) is 8.97. The molecule has 10 nitrogen and oxygen atoms in total. The van der Waals surface area contributed by atoms with E-state index in [0.717, 1.165) is 0 Å². The molecule has 0 aliphatic carbocycles. The summed E-state index contributed by atoms with van der Waals surface area (Å²) >= 11 is 3.25. The number of nitriles is 1. The first-order valence-electron chi connectivity index (χ1n) is 8.18. The van der Waals surface area contributed by atoms with Crippen LogP contribution in [0.3, 0.4) is 0 Å². The molecule has 2 rings (SSSR count). The first-order chi connectivity index (χ1) is 12.6. The van der Waals surface area contributed by atoms with Gasteiger partial charge in [0, 0.05) is 25.7 Å². The molecule has 0 spiro atoms. The van der Waals surface area contributed by atoms with Crippen molar-refractivity contribution in [1.82, 2.24) is 9.88 Å². The van der Waals surface area contributed by atoms with E-state index in [-0.39, 0.29) is 18.8 Å². The molecule has 0 radical (unpaired) electrons. The highest BCUT2D eigenvalue weighted by Crippen LogP contribution is 2.32. The van der Waals surface area contributed by atoms with E-state index in [4.69, 9.17) is 10.00 Å². The Bertz CT molecular complexity index is 789. The summed E-state index contributed by atoms with van der Waals surface area (Å²) in [6, 6.07) is 2.44. The standard InChI is InChI=1S/C16H20BrN5O5/c1-16(2,3)27-15(24)20-4-5-21(10(8-20)9-23)14-11(17)6-13(22(25)26)12(7-18)19-14/h6,10,23H,4-5,8-9H2,1-3H3/t10-/m1/s1. The fourth-order valence-corrected chi connectivity index (χ4v) is 3.21. The summed E-state index contributed by atoms with van der Waals surface area (Å²) in [7, 11) is 0. The number of ether oxygens (including phenoxy) is 1. The Balaban J connectivity index is 2.27.